The maximum absolute atomic E-state index is 12.3. The van der Waals surface area contributed by atoms with Gasteiger partial charge in [-0.3, -0.25) is 9.59 Å². The molecule has 0 aromatic heterocycles. The van der Waals surface area contributed by atoms with E-state index in [2.05, 4.69) is 10.6 Å². The molecule has 0 aliphatic carbocycles. The highest BCUT2D eigenvalue weighted by Gasteiger charge is 2.18. The summed E-state index contributed by atoms with van der Waals surface area (Å²) in [6.45, 7) is 0. The molecule has 0 spiro atoms. The maximum Gasteiger partial charge on any atom is 0.288 e. The first-order valence-corrected chi connectivity index (χ1v) is 7.68. The summed E-state index contributed by atoms with van der Waals surface area (Å²) in [5, 5.41) is 5.45. The molecule has 2 amide bonds. The quantitative estimate of drug-likeness (QED) is 0.837. The van der Waals surface area contributed by atoms with Crippen molar-refractivity contribution in [2.45, 2.75) is 17.1 Å². The Bertz CT molecular complexity index is 763. The van der Waals surface area contributed by atoms with Crippen LogP contribution in [0, 0.1) is 0 Å². The average molecular weight is 334 g/mol. The second-order valence-electron chi connectivity index (χ2n) is 4.95. The topological polar surface area (TPSA) is 58.2 Å². The summed E-state index contributed by atoms with van der Waals surface area (Å²) in [6, 6.07) is 11.1. The van der Waals surface area contributed by atoms with Crippen molar-refractivity contribution in [3.63, 3.8) is 0 Å². The minimum atomic E-state index is -2.49. The second kappa shape index (κ2) is 6.37. The lowest BCUT2D eigenvalue weighted by atomic mass is 10.1. The van der Waals surface area contributed by atoms with Gasteiger partial charge in [-0.2, -0.15) is 8.78 Å². The highest BCUT2D eigenvalue weighted by Crippen LogP contribution is 2.27. The van der Waals surface area contributed by atoms with Crippen LogP contribution in [0.3, 0.4) is 0 Å². The second-order valence-corrected chi connectivity index (χ2v) is 6.02. The molecular weight excluding hydrogens is 322 g/mol. The summed E-state index contributed by atoms with van der Waals surface area (Å²) in [6.07, 6.45) is 0.290. The molecular formula is C16H12F2N2O2S. The van der Waals surface area contributed by atoms with E-state index in [1.807, 2.05) is 0 Å². The number of halogens is 2. The molecule has 1 aliphatic rings. The average Bonchev–Trinajstić information content (AvgIpc) is 2.86. The Morgan fingerprint density at radius 1 is 1.17 bits per heavy atom. The molecule has 0 radical (unpaired) electrons. The van der Waals surface area contributed by atoms with Crippen molar-refractivity contribution in [1.29, 1.82) is 0 Å². The normalized spacial score (nSPS) is 12.9. The van der Waals surface area contributed by atoms with Gasteiger partial charge in [0.2, 0.25) is 5.91 Å². The van der Waals surface area contributed by atoms with E-state index in [1.165, 1.54) is 24.3 Å². The van der Waals surface area contributed by atoms with Crippen LogP contribution in [-0.2, 0) is 11.2 Å². The van der Waals surface area contributed by atoms with Crippen molar-refractivity contribution in [3.8, 4) is 0 Å². The van der Waals surface area contributed by atoms with Crippen LogP contribution >= 0.6 is 11.8 Å². The summed E-state index contributed by atoms with van der Waals surface area (Å²) in [7, 11) is 0. The third-order valence-corrected chi connectivity index (χ3v) is 4.05. The number of hydrogen-bond acceptors (Lipinski definition) is 3. The molecule has 1 aliphatic heterocycles. The molecule has 0 fully saturated rings. The lowest BCUT2D eigenvalue weighted by molar-refractivity contribution is -0.115. The smallest absolute Gasteiger partial charge is 0.288 e. The van der Waals surface area contributed by atoms with E-state index < -0.39 is 5.76 Å². The number of nitrogens with one attached hydrogen (secondary N) is 2. The molecule has 23 heavy (non-hydrogen) atoms. The molecule has 3 rings (SSSR count). The van der Waals surface area contributed by atoms with E-state index >= 15 is 0 Å². The monoisotopic (exact) mass is 334 g/mol. The first-order valence-electron chi connectivity index (χ1n) is 6.80. The van der Waals surface area contributed by atoms with Crippen LogP contribution in [-0.4, -0.2) is 17.6 Å². The molecule has 7 heteroatoms. The van der Waals surface area contributed by atoms with Gasteiger partial charge < -0.3 is 10.6 Å². The number of carbonyl (C=O) groups excluding carboxylic acids is 2. The van der Waals surface area contributed by atoms with Crippen LogP contribution in [0.15, 0.2) is 47.4 Å². The molecule has 118 valence electrons. The first kappa shape index (κ1) is 15.5. The number of amides is 2. The lowest BCUT2D eigenvalue weighted by Crippen LogP contribution is -2.11. The number of fused-ring (bicyclic) bond motifs is 1. The fraction of sp³-hybridized carbons (Fsp3) is 0.125. The fourth-order valence-corrected chi connectivity index (χ4v) is 2.80. The van der Waals surface area contributed by atoms with Crippen LogP contribution in [0.4, 0.5) is 20.2 Å². The van der Waals surface area contributed by atoms with Crippen molar-refractivity contribution in [1.82, 2.24) is 0 Å². The molecule has 0 saturated carbocycles. The van der Waals surface area contributed by atoms with Gasteiger partial charge in [-0.1, -0.05) is 11.8 Å². The van der Waals surface area contributed by atoms with Gasteiger partial charge in [0, 0.05) is 21.8 Å². The summed E-state index contributed by atoms with van der Waals surface area (Å²) in [5.41, 5.74) is 2.53. The van der Waals surface area contributed by atoms with E-state index in [0.29, 0.717) is 34.3 Å². The van der Waals surface area contributed by atoms with E-state index in [9.17, 15) is 18.4 Å². The van der Waals surface area contributed by atoms with Crippen molar-refractivity contribution >= 4 is 35.0 Å². The van der Waals surface area contributed by atoms with E-state index in [0.717, 1.165) is 11.3 Å². The van der Waals surface area contributed by atoms with E-state index in [-0.39, 0.29) is 11.8 Å². The maximum atomic E-state index is 12.3. The Hall–Kier alpha value is -2.41. The number of hydrogen-bond donors (Lipinski definition) is 2. The third kappa shape index (κ3) is 3.68. The van der Waals surface area contributed by atoms with Crippen molar-refractivity contribution < 1.29 is 18.4 Å². The molecule has 2 aromatic rings. The Kier molecular flexibility index (Phi) is 4.29. The number of rotatable bonds is 4. The Morgan fingerprint density at radius 3 is 2.61 bits per heavy atom. The first-order chi connectivity index (χ1) is 11.0. The van der Waals surface area contributed by atoms with Gasteiger partial charge in [0.1, 0.15) is 0 Å². The van der Waals surface area contributed by atoms with Gasteiger partial charge in [0.05, 0.1) is 6.42 Å². The summed E-state index contributed by atoms with van der Waals surface area (Å²) in [4.78, 5) is 23.9. The van der Waals surface area contributed by atoms with Gasteiger partial charge in [-0.05, 0) is 48.0 Å². The molecule has 0 atom stereocenters. The molecule has 2 aromatic carbocycles. The van der Waals surface area contributed by atoms with Crippen LogP contribution in [0.1, 0.15) is 15.9 Å². The summed E-state index contributed by atoms with van der Waals surface area (Å²) in [5.74, 6) is -2.90. The number of thioether (sulfide) groups is 1. The van der Waals surface area contributed by atoms with E-state index in [1.54, 1.807) is 18.2 Å². The Labute approximate surface area is 135 Å². The standard InChI is InChI=1S/C16H12F2N2O2S/c17-16(18)23-12-4-1-9(2-5-12)15(22)19-11-3-6-13-10(7-11)8-14(21)20-13/h1-7,16H,8H2,(H,19,22)(H,20,21). The SMILES string of the molecule is O=C1Cc2cc(NC(=O)c3ccc(SC(F)F)cc3)ccc2N1. The highest BCUT2D eigenvalue weighted by molar-refractivity contribution is 7.99. The summed E-state index contributed by atoms with van der Waals surface area (Å²) < 4.78 is 24.5. The van der Waals surface area contributed by atoms with Gasteiger partial charge in [-0.25, -0.2) is 0 Å². The van der Waals surface area contributed by atoms with Crippen molar-refractivity contribution in [3.05, 3.63) is 53.6 Å². The van der Waals surface area contributed by atoms with Gasteiger partial charge in [0.25, 0.3) is 11.7 Å². The number of anilines is 2. The number of alkyl halides is 2. The Morgan fingerprint density at radius 2 is 1.91 bits per heavy atom. The number of benzene rings is 2. The van der Waals surface area contributed by atoms with Crippen LogP contribution in [0.25, 0.3) is 0 Å². The third-order valence-electron chi connectivity index (χ3n) is 3.33. The fourth-order valence-electron chi connectivity index (χ4n) is 2.30. The predicted octanol–water partition coefficient (Wildman–Crippen LogP) is 3.75. The highest BCUT2D eigenvalue weighted by atomic mass is 32.2. The molecule has 0 saturated heterocycles. The lowest BCUT2D eigenvalue weighted by Gasteiger charge is -2.08. The molecule has 0 unspecified atom stereocenters. The zero-order valence-electron chi connectivity index (χ0n) is 11.8. The molecule has 0 bridgehead atoms. The zero-order chi connectivity index (χ0) is 16.4. The van der Waals surface area contributed by atoms with Crippen LogP contribution in [0.2, 0.25) is 0 Å². The molecule has 4 nitrogen and oxygen atoms in total. The molecule has 1 heterocycles. The molecule has 2 N–H and O–H groups in total. The number of carbonyl (C=O) groups is 2. The predicted molar refractivity (Wildman–Crippen MR) is 85.0 cm³/mol. The van der Waals surface area contributed by atoms with Crippen LogP contribution in [0.5, 0.6) is 0 Å². The van der Waals surface area contributed by atoms with Crippen molar-refractivity contribution in [2.24, 2.45) is 0 Å². The van der Waals surface area contributed by atoms with Gasteiger partial charge in [-0.15, -0.1) is 0 Å². The Balaban J connectivity index is 1.70. The van der Waals surface area contributed by atoms with E-state index in [4.69, 9.17) is 0 Å². The van der Waals surface area contributed by atoms with Crippen LogP contribution < -0.4 is 10.6 Å². The van der Waals surface area contributed by atoms with Gasteiger partial charge >= 0.3 is 0 Å². The minimum Gasteiger partial charge on any atom is -0.326 e. The zero-order valence-corrected chi connectivity index (χ0v) is 12.6. The minimum absolute atomic E-state index is 0.0735. The van der Waals surface area contributed by atoms with Gasteiger partial charge in [0.15, 0.2) is 0 Å². The largest absolute Gasteiger partial charge is 0.326 e. The van der Waals surface area contributed by atoms with Crippen molar-refractivity contribution in [2.75, 3.05) is 10.6 Å². The summed E-state index contributed by atoms with van der Waals surface area (Å²) >= 11 is 0.433.